The van der Waals surface area contributed by atoms with E-state index in [1.165, 1.54) is 7.11 Å². The lowest BCUT2D eigenvalue weighted by Crippen LogP contribution is -2.45. The van der Waals surface area contributed by atoms with E-state index in [0.717, 1.165) is 5.56 Å². The average molecular weight is 268 g/mol. The fourth-order valence-electron chi connectivity index (χ4n) is 1.58. The molecule has 0 spiro atoms. The molecule has 2 unspecified atom stereocenters. The van der Waals surface area contributed by atoms with E-state index in [2.05, 4.69) is 5.32 Å². The maximum atomic E-state index is 11.7. The lowest BCUT2D eigenvalue weighted by molar-refractivity contribution is -0.122. The standard InChI is InChI=1S/C13H20N2O4/c1-19-8-11(17)7-15-13(18)12(14)6-9-2-4-10(16)5-3-9/h2-5,11-12,16-17H,6-8,14H2,1H3,(H,15,18). The third-order valence-corrected chi connectivity index (χ3v) is 2.60. The highest BCUT2D eigenvalue weighted by atomic mass is 16.5. The number of hydrogen-bond acceptors (Lipinski definition) is 5. The summed E-state index contributed by atoms with van der Waals surface area (Å²) >= 11 is 0. The van der Waals surface area contributed by atoms with E-state index in [4.69, 9.17) is 15.6 Å². The number of hydrogen-bond donors (Lipinski definition) is 4. The summed E-state index contributed by atoms with van der Waals surface area (Å²) in [6.07, 6.45) is -0.373. The van der Waals surface area contributed by atoms with Gasteiger partial charge in [0.05, 0.1) is 18.8 Å². The summed E-state index contributed by atoms with van der Waals surface area (Å²) in [5, 5.41) is 21.1. The van der Waals surface area contributed by atoms with Crippen molar-refractivity contribution in [3.8, 4) is 5.75 Å². The molecular formula is C13H20N2O4. The molecule has 0 radical (unpaired) electrons. The Bertz CT molecular complexity index is 394. The Hall–Kier alpha value is -1.63. The SMILES string of the molecule is COCC(O)CNC(=O)C(N)Cc1ccc(O)cc1. The van der Waals surface area contributed by atoms with Gasteiger partial charge in [0, 0.05) is 13.7 Å². The molecule has 0 saturated heterocycles. The smallest absolute Gasteiger partial charge is 0.237 e. The summed E-state index contributed by atoms with van der Waals surface area (Å²) in [5.74, 6) is -0.160. The first kappa shape index (κ1) is 15.4. The number of phenolic OH excluding ortho intramolecular Hbond substituents is 1. The molecule has 5 N–H and O–H groups in total. The van der Waals surface area contributed by atoms with Crippen LogP contribution in [0.1, 0.15) is 5.56 Å². The summed E-state index contributed by atoms with van der Waals surface area (Å²) in [7, 11) is 1.47. The fraction of sp³-hybridized carbons (Fsp3) is 0.462. The molecule has 0 aliphatic heterocycles. The molecule has 0 heterocycles. The van der Waals surface area contributed by atoms with Crippen LogP contribution in [0.25, 0.3) is 0 Å². The number of rotatable bonds is 7. The van der Waals surface area contributed by atoms with Gasteiger partial charge < -0.3 is 26.0 Å². The van der Waals surface area contributed by atoms with Gasteiger partial charge in [-0.15, -0.1) is 0 Å². The fourth-order valence-corrected chi connectivity index (χ4v) is 1.58. The largest absolute Gasteiger partial charge is 0.508 e. The maximum Gasteiger partial charge on any atom is 0.237 e. The summed E-state index contributed by atoms with van der Waals surface area (Å²) in [5.41, 5.74) is 6.62. The summed E-state index contributed by atoms with van der Waals surface area (Å²) in [6.45, 7) is 0.267. The molecule has 1 aromatic rings. The molecule has 0 aliphatic rings. The van der Waals surface area contributed by atoms with Crippen molar-refractivity contribution in [3.63, 3.8) is 0 Å². The Balaban J connectivity index is 2.38. The van der Waals surface area contributed by atoms with Crippen molar-refractivity contribution in [2.75, 3.05) is 20.3 Å². The molecule has 0 aliphatic carbocycles. The van der Waals surface area contributed by atoms with Gasteiger partial charge in [0.15, 0.2) is 0 Å². The van der Waals surface area contributed by atoms with Crippen LogP contribution >= 0.6 is 0 Å². The number of methoxy groups -OCH3 is 1. The first-order valence-electron chi connectivity index (χ1n) is 6.01. The van der Waals surface area contributed by atoms with Crippen molar-refractivity contribution in [3.05, 3.63) is 29.8 Å². The quantitative estimate of drug-likeness (QED) is 0.528. The average Bonchev–Trinajstić information content (AvgIpc) is 2.39. The van der Waals surface area contributed by atoms with Crippen LogP contribution < -0.4 is 11.1 Å². The molecule has 6 nitrogen and oxygen atoms in total. The van der Waals surface area contributed by atoms with Gasteiger partial charge in [0.25, 0.3) is 0 Å². The van der Waals surface area contributed by atoms with Gasteiger partial charge in [-0.2, -0.15) is 0 Å². The topological polar surface area (TPSA) is 105 Å². The predicted octanol–water partition coefficient (Wildman–Crippen LogP) is -0.614. The molecule has 1 aromatic carbocycles. The third-order valence-electron chi connectivity index (χ3n) is 2.60. The van der Waals surface area contributed by atoms with E-state index in [9.17, 15) is 9.90 Å². The molecule has 1 rings (SSSR count). The molecule has 0 saturated carbocycles. The molecule has 1 amide bonds. The van der Waals surface area contributed by atoms with Gasteiger partial charge in [-0.25, -0.2) is 0 Å². The van der Waals surface area contributed by atoms with Crippen LogP contribution in [-0.2, 0) is 16.0 Å². The van der Waals surface area contributed by atoms with E-state index >= 15 is 0 Å². The second-order valence-electron chi connectivity index (χ2n) is 4.33. The van der Waals surface area contributed by atoms with Crippen LogP contribution in [0.15, 0.2) is 24.3 Å². The molecule has 106 valence electrons. The van der Waals surface area contributed by atoms with Crippen molar-refractivity contribution in [2.24, 2.45) is 5.73 Å². The number of nitrogens with one attached hydrogen (secondary N) is 1. The molecule has 6 heteroatoms. The van der Waals surface area contributed by atoms with Gasteiger partial charge in [0.1, 0.15) is 5.75 Å². The normalized spacial score (nSPS) is 13.8. The number of aliphatic hydroxyl groups excluding tert-OH is 1. The number of phenols is 1. The number of amides is 1. The molecular weight excluding hydrogens is 248 g/mol. The number of ether oxygens (including phenoxy) is 1. The minimum Gasteiger partial charge on any atom is -0.508 e. The van der Waals surface area contributed by atoms with E-state index in [0.29, 0.717) is 6.42 Å². The highest BCUT2D eigenvalue weighted by Crippen LogP contribution is 2.10. The van der Waals surface area contributed by atoms with Crippen molar-refractivity contribution >= 4 is 5.91 Å². The van der Waals surface area contributed by atoms with Crippen LogP contribution in [0.2, 0.25) is 0 Å². The number of aliphatic hydroxyl groups is 1. The Labute approximate surface area is 112 Å². The molecule has 2 atom stereocenters. The monoisotopic (exact) mass is 268 g/mol. The zero-order valence-corrected chi connectivity index (χ0v) is 10.9. The van der Waals surface area contributed by atoms with E-state index in [-0.39, 0.29) is 24.8 Å². The van der Waals surface area contributed by atoms with E-state index < -0.39 is 12.1 Å². The van der Waals surface area contributed by atoms with Gasteiger partial charge in [-0.05, 0) is 24.1 Å². The van der Waals surface area contributed by atoms with Gasteiger partial charge in [-0.1, -0.05) is 12.1 Å². The number of carbonyl (C=O) groups excluding carboxylic acids is 1. The lowest BCUT2D eigenvalue weighted by Gasteiger charge is -2.15. The Morgan fingerprint density at radius 3 is 2.63 bits per heavy atom. The molecule has 19 heavy (non-hydrogen) atoms. The third kappa shape index (κ3) is 5.69. The van der Waals surface area contributed by atoms with Crippen molar-refractivity contribution in [1.82, 2.24) is 5.32 Å². The van der Waals surface area contributed by atoms with Gasteiger partial charge >= 0.3 is 0 Å². The first-order chi connectivity index (χ1) is 9.02. The van der Waals surface area contributed by atoms with E-state index in [1.54, 1.807) is 24.3 Å². The summed E-state index contributed by atoms with van der Waals surface area (Å²) < 4.78 is 4.75. The zero-order chi connectivity index (χ0) is 14.3. The minimum absolute atomic E-state index is 0.107. The second-order valence-corrected chi connectivity index (χ2v) is 4.33. The maximum absolute atomic E-state index is 11.7. The van der Waals surface area contributed by atoms with Crippen molar-refractivity contribution < 1.29 is 19.7 Å². The van der Waals surface area contributed by atoms with Crippen LogP contribution in [0.3, 0.4) is 0 Å². The second kappa shape index (κ2) is 7.73. The van der Waals surface area contributed by atoms with Gasteiger partial charge in [-0.3, -0.25) is 4.79 Å². The number of nitrogens with two attached hydrogens (primary N) is 1. The predicted molar refractivity (Wildman–Crippen MR) is 70.7 cm³/mol. The van der Waals surface area contributed by atoms with Crippen LogP contribution in [0.4, 0.5) is 0 Å². The van der Waals surface area contributed by atoms with Crippen molar-refractivity contribution in [1.29, 1.82) is 0 Å². The first-order valence-corrected chi connectivity index (χ1v) is 6.01. The summed E-state index contributed by atoms with van der Waals surface area (Å²) in [4.78, 5) is 11.7. The van der Waals surface area contributed by atoms with Crippen LogP contribution in [0, 0.1) is 0 Å². The lowest BCUT2D eigenvalue weighted by atomic mass is 10.1. The van der Waals surface area contributed by atoms with Crippen LogP contribution in [-0.4, -0.2) is 48.5 Å². The van der Waals surface area contributed by atoms with Gasteiger partial charge in [0.2, 0.25) is 5.91 Å². The molecule has 0 bridgehead atoms. The Morgan fingerprint density at radius 1 is 1.42 bits per heavy atom. The number of benzene rings is 1. The van der Waals surface area contributed by atoms with E-state index in [1.807, 2.05) is 0 Å². The van der Waals surface area contributed by atoms with Crippen LogP contribution in [0.5, 0.6) is 5.75 Å². The Kier molecular flexibility index (Phi) is 6.27. The molecule has 0 fully saturated rings. The molecule has 0 aromatic heterocycles. The number of aromatic hydroxyl groups is 1. The number of carbonyl (C=O) groups is 1. The Morgan fingerprint density at radius 2 is 2.05 bits per heavy atom. The zero-order valence-electron chi connectivity index (χ0n) is 10.9. The highest BCUT2D eigenvalue weighted by molar-refractivity contribution is 5.81. The highest BCUT2D eigenvalue weighted by Gasteiger charge is 2.15. The van der Waals surface area contributed by atoms with Crippen molar-refractivity contribution in [2.45, 2.75) is 18.6 Å². The minimum atomic E-state index is -0.741. The summed E-state index contributed by atoms with van der Waals surface area (Å²) in [6, 6.07) is 5.81.